The minimum Gasteiger partial charge on any atom is -0.252 e. The number of aromatic nitrogens is 2. The zero-order valence-corrected chi connectivity index (χ0v) is 27.9. The van der Waals surface area contributed by atoms with Crippen LogP contribution in [0.5, 0.6) is 0 Å². The van der Waals surface area contributed by atoms with E-state index < -0.39 is 0 Å². The lowest BCUT2D eigenvalue weighted by molar-refractivity contribution is 1.23. The molecular formula is C40H40N6. The molecule has 0 fully saturated rings. The number of pyridine rings is 2. The third-order valence-corrected chi connectivity index (χ3v) is 7.71. The van der Waals surface area contributed by atoms with Gasteiger partial charge in [-0.3, -0.25) is 20.0 Å². The van der Waals surface area contributed by atoms with Gasteiger partial charge >= 0.3 is 0 Å². The Morgan fingerprint density at radius 1 is 0.413 bits per heavy atom. The molecule has 6 nitrogen and oxygen atoms in total. The smallest absolute Gasteiger partial charge is 0.0849 e. The van der Waals surface area contributed by atoms with Crippen LogP contribution in [0.1, 0.15) is 72.7 Å². The molecule has 2 heterocycles. The Morgan fingerprint density at radius 3 is 1.07 bits per heavy atom. The Bertz CT molecular complexity index is 1870. The van der Waals surface area contributed by atoms with Gasteiger partial charge in [0.1, 0.15) is 0 Å². The van der Waals surface area contributed by atoms with Crippen molar-refractivity contribution in [2.24, 2.45) is 20.0 Å². The first-order valence-electron chi connectivity index (χ1n) is 15.5. The van der Waals surface area contributed by atoms with Crippen LogP contribution in [0.3, 0.4) is 0 Å². The van der Waals surface area contributed by atoms with Crippen molar-refractivity contribution in [2.45, 2.75) is 55.4 Å². The highest BCUT2D eigenvalue weighted by Gasteiger charge is 2.08. The van der Waals surface area contributed by atoms with Gasteiger partial charge in [-0.1, -0.05) is 47.5 Å². The van der Waals surface area contributed by atoms with E-state index in [1.165, 1.54) is 11.1 Å². The van der Waals surface area contributed by atoms with Crippen LogP contribution in [0, 0.1) is 27.7 Å². The van der Waals surface area contributed by atoms with Crippen LogP contribution in [-0.4, -0.2) is 32.8 Å². The van der Waals surface area contributed by atoms with Gasteiger partial charge in [0.15, 0.2) is 0 Å². The third-order valence-electron chi connectivity index (χ3n) is 7.71. The third kappa shape index (κ3) is 8.02. The molecule has 0 bridgehead atoms. The monoisotopic (exact) mass is 604 g/mol. The molecule has 3 aromatic carbocycles. The summed E-state index contributed by atoms with van der Waals surface area (Å²) in [4.78, 5) is 29.0. The number of benzene rings is 3. The molecule has 2 aromatic heterocycles. The van der Waals surface area contributed by atoms with Gasteiger partial charge in [-0.15, -0.1) is 0 Å². The van der Waals surface area contributed by atoms with Crippen molar-refractivity contribution < 1.29 is 0 Å². The first-order chi connectivity index (χ1) is 22.0. The lowest BCUT2D eigenvalue weighted by atomic mass is 10.1. The molecule has 46 heavy (non-hydrogen) atoms. The number of aliphatic imine (C=N–C) groups is 4. The molecule has 0 aliphatic rings. The van der Waals surface area contributed by atoms with Gasteiger partial charge in [0, 0.05) is 0 Å². The van der Waals surface area contributed by atoms with Crippen LogP contribution < -0.4 is 0 Å². The molecule has 6 heteroatoms. The van der Waals surface area contributed by atoms with Crippen molar-refractivity contribution in [2.75, 3.05) is 0 Å². The highest BCUT2D eigenvalue weighted by Crippen LogP contribution is 2.23. The molecule has 0 saturated carbocycles. The van der Waals surface area contributed by atoms with Crippen molar-refractivity contribution >= 4 is 45.6 Å². The van der Waals surface area contributed by atoms with Gasteiger partial charge in [-0.25, -0.2) is 9.97 Å². The van der Waals surface area contributed by atoms with E-state index in [9.17, 15) is 0 Å². The number of nitrogens with zero attached hydrogens (tertiary/aromatic N) is 6. The van der Waals surface area contributed by atoms with E-state index in [-0.39, 0.29) is 0 Å². The second-order valence-electron chi connectivity index (χ2n) is 11.7. The zero-order chi connectivity index (χ0) is 32.8. The summed E-state index contributed by atoms with van der Waals surface area (Å²) < 4.78 is 0. The SMILES string of the molecule is CC(=Nc1ccc(N=C(C)c2cccc(C(C)=Nc3ccc(C)cc3C)n2)cc1)c1cccc(C(C)=Nc2ccc(C)cc2C)n1. The second-order valence-corrected chi connectivity index (χ2v) is 11.7. The highest BCUT2D eigenvalue weighted by molar-refractivity contribution is 6.03. The topological polar surface area (TPSA) is 75.2 Å². The number of hydrogen-bond donors (Lipinski definition) is 0. The number of hydrogen-bond acceptors (Lipinski definition) is 6. The summed E-state index contributed by atoms with van der Waals surface area (Å²) in [6.45, 7) is 16.3. The normalized spacial score (nSPS) is 12.9. The van der Waals surface area contributed by atoms with Gasteiger partial charge < -0.3 is 0 Å². The molecule has 0 aliphatic carbocycles. The first kappa shape index (κ1) is 32.0. The molecule has 230 valence electrons. The number of rotatable bonds is 8. The van der Waals surface area contributed by atoms with Crippen LogP contribution in [0.25, 0.3) is 0 Å². The van der Waals surface area contributed by atoms with E-state index in [4.69, 9.17) is 29.9 Å². The average Bonchev–Trinajstić information content (AvgIpc) is 3.04. The fourth-order valence-electron chi connectivity index (χ4n) is 5.12. The van der Waals surface area contributed by atoms with Crippen LogP contribution in [0.4, 0.5) is 22.7 Å². The van der Waals surface area contributed by atoms with E-state index in [2.05, 4.69) is 64.1 Å². The summed E-state index contributed by atoms with van der Waals surface area (Å²) >= 11 is 0. The van der Waals surface area contributed by atoms with Crippen LogP contribution in [-0.2, 0) is 0 Å². The highest BCUT2D eigenvalue weighted by atomic mass is 14.9. The Labute approximate surface area is 272 Å². The Kier molecular flexibility index (Phi) is 9.87. The Hall–Kier alpha value is -5.36. The zero-order valence-electron chi connectivity index (χ0n) is 27.9. The summed E-state index contributed by atoms with van der Waals surface area (Å²) in [5.74, 6) is 0. The van der Waals surface area contributed by atoms with Crippen molar-refractivity contribution in [1.29, 1.82) is 0 Å². The minimum absolute atomic E-state index is 0.813. The maximum atomic E-state index is 4.85. The van der Waals surface area contributed by atoms with Gasteiger partial charge in [0.25, 0.3) is 0 Å². The molecule has 0 N–H and O–H groups in total. The predicted octanol–water partition coefficient (Wildman–Crippen LogP) is 10.3. The largest absolute Gasteiger partial charge is 0.252 e. The van der Waals surface area contributed by atoms with Crippen LogP contribution in [0.15, 0.2) is 117 Å². The van der Waals surface area contributed by atoms with Crippen LogP contribution >= 0.6 is 0 Å². The second kappa shape index (κ2) is 14.2. The van der Waals surface area contributed by atoms with Gasteiger partial charge in [-0.2, -0.15) is 0 Å². The molecule has 0 amide bonds. The number of aryl methyl sites for hydroxylation is 4. The summed E-state index contributed by atoms with van der Waals surface area (Å²) in [6, 6.07) is 32.3. The molecule has 5 rings (SSSR count). The van der Waals surface area contributed by atoms with Crippen molar-refractivity contribution in [1.82, 2.24) is 9.97 Å². The summed E-state index contributed by atoms with van der Waals surface area (Å²) in [5, 5.41) is 0. The standard InChI is InChI=1S/C40H40N6/c1-25-15-21-35(27(3)23-25)43-31(7)39-13-9-11-37(45-39)29(5)41-33-17-19-34(20-18-33)42-30(6)38-12-10-14-40(46-38)32(8)44-36-22-16-26(2)24-28(36)4/h9-24H,1-8H3. The summed E-state index contributed by atoms with van der Waals surface area (Å²) in [5.41, 5.74) is 15.0. The summed E-state index contributed by atoms with van der Waals surface area (Å²) in [7, 11) is 0. The molecular weight excluding hydrogens is 564 g/mol. The summed E-state index contributed by atoms with van der Waals surface area (Å²) in [6.07, 6.45) is 0. The molecule has 0 aliphatic heterocycles. The van der Waals surface area contributed by atoms with E-state index in [1.54, 1.807) is 0 Å². The first-order valence-corrected chi connectivity index (χ1v) is 15.5. The lowest BCUT2D eigenvalue weighted by Crippen LogP contribution is -2.05. The molecule has 0 unspecified atom stereocenters. The Balaban J connectivity index is 1.31. The molecule has 0 radical (unpaired) electrons. The quantitative estimate of drug-likeness (QED) is 0.165. The predicted molar refractivity (Wildman–Crippen MR) is 194 cm³/mol. The van der Waals surface area contributed by atoms with Gasteiger partial charge in [0.05, 0.1) is 68.4 Å². The average molecular weight is 605 g/mol. The van der Waals surface area contributed by atoms with E-state index in [0.717, 1.165) is 79.5 Å². The van der Waals surface area contributed by atoms with Crippen molar-refractivity contribution in [3.8, 4) is 0 Å². The van der Waals surface area contributed by atoms with Gasteiger partial charge in [-0.05, 0) is 127 Å². The fourth-order valence-corrected chi connectivity index (χ4v) is 5.12. The molecule has 0 saturated heterocycles. The maximum Gasteiger partial charge on any atom is 0.0849 e. The van der Waals surface area contributed by atoms with E-state index in [0.29, 0.717) is 0 Å². The molecule has 5 aromatic rings. The van der Waals surface area contributed by atoms with Crippen molar-refractivity contribution in [3.63, 3.8) is 0 Å². The Morgan fingerprint density at radius 2 is 0.739 bits per heavy atom. The minimum atomic E-state index is 0.813. The maximum absolute atomic E-state index is 4.85. The molecule has 0 spiro atoms. The fraction of sp³-hybridized carbons (Fsp3) is 0.200. The van der Waals surface area contributed by atoms with Gasteiger partial charge in [0.2, 0.25) is 0 Å². The van der Waals surface area contributed by atoms with Crippen LogP contribution in [0.2, 0.25) is 0 Å². The van der Waals surface area contributed by atoms with Crippen molar-refractivity contribution in [3.05, 3.63) is 142 Å². The lowest BCUT2D eigenvalue weighted by Gasteiger charge is -2.07. The van der Waals surface area contributed by atoms with E-state index in [1.807, 2.05) is 88.4 Å². The molecule has 0 atom stereocenters. The van der Waals surface area contributed by atoms with E-state index >= 15 is 0 Å².